The van der Waals surface area contributed by atoms with E-state index in [-0.39, 0.29) is 18.4 Å². The van der Waals surface area contributed by atoms with Gasteiger partial charge in [0.25, 0.3) is 5.91 Å². The van der Waals surface area contributed by atoms with E-state index >= 15 is 0 Å². The second-order valence-electron chi connectivity index (χ2n) is 4.13. The van der Waals surface area contributed by atoms with Crippen molar-refractivity contribution in [1.82, 2.24) is 10.2 Å². The molecule has 5 nitrogen and oxygen atoms in total. The molecule has 0 aliphatic carbocycles. The zero-order valence-corrected chi connectivity index (χ0v) is 12.9. The molecule has 0 bridgehead atoms. The van der Waals surface area contributed by atoms with Gasteiger partial charge < -0.3 is 15.0 Å². The average Bonchev–Trinajstić information content (AvgIpc) is 2.38. The fourth-order valence-electron chi connectivity index (χ4n) is 1.50. The molecule has 1 aromatic carbocycles. The zero-order chi connectivity index (χ0) is 15.1. The SMILES string of the molecule is COCCNC(=O)CN(C)C(=O)c1ccc(F)cc1Br. The van der Waals surface area contributed by atoms with Crippen LogP contribution in [0.4, 0.5) is 4.39 Å². The van der Waals surface area contributed by atoms with Gasteiger partial charge in [0.2, 0.25) is 5.91 Å². The molecule has 0 unspecified atom stereocenters. The number of carbonyl (C=O) groups excluding carboxylic acids is 2. The van der Waals surface area contributed by atoms with Gasteiger partial charge in [-0.2, -0.15) is 0 Å². The van der Waals surface area contributed by atoms with Gasteiger partial charge in [0.1, 0.15) is 5.82 Å². The summed E-state index contributed by atoms with van der Waals surface area (Å²) < 4.78 is 18.1. The number of likely N-dealkylation sites (N-methyl/N-ethyl adjacent to an activating group) is 1. The first-order valence-corrected chi connectivity index (χ1v) is 6.71. The summed E-state index contributed by atoms with van der Waals surface area (Å²) >= 11 is 3.13. The number of hydrogen-bond acceptors (Lipinski definition) is 3. The van der Waals surface area contributed by atoms with Gasteiger partial charge in [-0.15, -0.1) is 0 Å². The van der Waals surface area contributed by atoms with Crippen LogP contribution in [0.3, 0.4) is 0 Å². The Hall–Kier alpha value is -1.47. The second kappa shape index (κ2) is 7.96. The van der Waals surface area contributed by atoms with Crippen molar-refractivity contribution < 1.29 is 18.7 Å². The molecule has 0 aromatic heterocycles. The first-order chi connectivity index (χ1) is 9.45. The number of benzene rings is 1. The maximum Gasteiger partial charge on any atom is 0.255 e. The van der Waals surface area contributed by atoms with Gasteiger partial charge in [-0.1, -0.05) is 0 Å². The summed E-state index contributed by atoms with van der Waals surface area (Å²) in [6.45, 7) is 0.719. The first-order valence-electron chi connectivity index (χ1n) is 5.92. The molecule has 0 atom stereocenters. The van der Waals surface area contributed by atoms with Crippen molar-refractivity contribution in [3.8, 4) is 0 Å². The second-order valence-corrected chi connectivity index (χ2v) is 4.98. The van der Waals surface area contributed by atoms with E-state index in [1.807, 2.05) is 0 Å². The maximum absolute atomic E-state index is 13.0. The summed E-state index contributed by atoms with van der Waals surface area (Å²) in [5.41, 5.74) is 0.304. The van der Waals surface area contributed by atoms with E-state index in [0.29, 0.717) is 23.2 Å². The van der Waals surface area contributed by atoms with Gasteiger partial charge in [0.05, 0.1) is 18.7 Å². The molecule has 0 aliphatic heterocycles. The highest BCUT2D eigenvalue weighted by molar-refractivity contribution is 9.10. The molecule has 0 saturated heterocycles. The van der Waals surface area contributed by atoms with Crippen LogP contribution in [0.5, 0.6) is 0 Å². The summed E-state index contributed by atoms with van der Waals surface area (Å²) in [5.74, 6) is -1.08. The van der Waals surface area contributed by atoms with Crippen LogP contribution < -0.4 is 5.32 Å². The fraction of sp³-hybridized carbons (Fsp3) is 0.385. The van der Waals surface area contributed by atoms with Crippen LogP contribution in [0.15, 0.2) is 22.7 Å². The van der Waals surface area contributed by atoms with Gasteiger partial charge in [0, 0.05) is 25.2 Å². The molecule has 2 amide bonds. The van der Waals surface area contributed by atoms with Crippen molar-refractivity contribution in [3.63, 3.8) is 0 Å². The van der Waals surface area contributed by atoms with E-state index < -0.39 is 5.82 Å². The van der Waals surface area contributed by atoms with Crippen molar-refractivity contribution >= 4 is 27.7 Å². The molecule has 0 aliphatic rings. The minimum absolute atomic E-state index is 0.0770. The summed E-state index contributed by atoms with van der Waals surface area (Å²) in [6.07, 6.45) is 0. The molecule has 110 valence electrons. The van der Waals surface area contributed by atoms with Crippen LogP contribution >= 0.6 is 15.9 Å². The average molecular weight is 347 g/mol. The first kappa shape index (κ1) is 16.6. The number of ether oxygens (including phenoxy) is 1. The van der Waals surface area contributed by atoms with Gasteiger partial charge in [-0.3, -0.25) is 9.59 Å². The van der Waals surface area contributed by atoms with E-state index in [0.717, 1.165) is 0 Å². The van der Waals surface area contributed by atoms with Gasteiger partial charge in [0.15, 0.2) is 0 Å². The van der Waals surface area contributed by atoms with E-state index in [1.165, 1.54) is 37.3 Å². The third-order valence-corrected chi connectivity index (χ3v) is 3.17. The van der Waals surface area contributed by atoms with Crippen LogP contribution in [-0.4, -0.2) is 50.6 Å². The number of hydrogen-bond donors (Lipinski definition) is 1. The summed E-state index contributed by atoms with van der Waals surface area (Å²) in [6, 6.07) is 3.78. The zero-order valence-electron chi connectivity index (χ0n) is 11.3. The topological polar surface area (TPSA) is 58.6 Å². The Morgan fingerprint density at radius 3 is 2.75 bits per heavy atom. The van der Waals surface area contributed by atoms with Crippen molar-refractivity contribution in [2.24, 2.45) is 0 Å². The number of halogens is 2. The van der Waals surface area contributed by atoms with Gasteiger partial charge >= 0.3 is 0 Å². The van der Waals surface area contributed by atoms with Crippen LogP contribution in [0.2, 0.25) is 0 Å². The predicted octanol–water partition coefficient (Wildman–Crippen LogP) is 1.42. The molecule has 1 N–H and O–H groups in total. The summed E-state index contributed by atoms with van der Waals surface area (Å²) in [4.78, 5) is 24.9. The lowest BCUT2D eigenvalue weighted by atomic mass is 10.2. The molecule has 0 radical (unpaired) electrons. The minimum Gasteiger partial charge on any atom is -0.383 e. The van der Waals surface area contributed by atoms with E-state index in [9.17, 15) is 14.0 Å². The van der Waals surface area contributed by atoms with Crippen LogP contribution in [0.25, 0.3) is 0 Å². The van der Waals surface area contributed by atoms with Crippen molar-refractivity contribution in [2.45, 2.75) is 0 Å². The lowest BCUT2D eigenvalue weighted by Gasteiger charge is -2.17. The molecule has 20 heavy (non-hydrogen) atoms. The lowest BCUT2D eigenvalue weighted by Crippen LogP contribution is -2.39. The molecule has 1 aromatic rings. The van der Waals surface area contributed by atoms with E-state index in [2.05, 4.69) is 21.2 Å². The highest BCUT2D eigenvalue weighted by Crippen LogP contribution is 2.19. The Bertz CT molecular complexity index is 497. The van der Waals surface area contributed by atoms with Crippen molar-refractivity contribution in [2.75, 3.05) is 33.9 Å². The van der Waals surface area contributed by atoms with Crippen molar-refractivity contribution in [3.05, 3.63) is 34.1 Å². The Morgan fingerprint density at radius 1 is 1.45 bits per heavy atom. The van der Waals surface area contributed by atoms with Crippen LogP contribution in [0.1, 0.15) is 10.4 Å². The Morgan fingerprint density at radius 2 is 2.15 bits per heavy atom. The maximum atomic E-state index is 13.0. The fourth-order valence-corrected chi connectivity index (χ4v) is 2.02. The number of amides is 2. The van der Waals surface area contributed by atoms with Crippen molar-refractivity contribution in [1.29, 1.82) is 0 Å². The van der Waals surface area contributed by atoms with E-state index in [4.69, 9.17) is 4.74 Å². The molecule has 0 spiro atoms. The number of nitrogens with one attached hydrogen (secondary N) is 1. The molecular formula is C13H16BrFN2O3. The highest BCUT2D eigenvalue weighted by atomic mass is 79.9. The van der Waals surface area contributed by atoms with Gasteiger partial charge in [-0.05, 0) is 34.1 Å². The minimum atomic E-state index is -0.437. The molecule has 0 heterocycles. The predicted molar refractivity (Wildman–Crippen MR) is 75.9 cm³/mol. The molecule has 0 saturated carbocycles. The Kier molecular flexibility index (Phi) is 6.60. The van der Waals surface area contributed by atoms with Gasteiger partial charge in [-0.25, -0.2) is 4.39 Å². The largest absolute Gasteiger partial charge is 0.383 e. The van der Waals surface area contributed by atoms with Crippen LogP contribution in [-0.2, 0) is 9.53 Å². The monoisotopic (exact) mass is 346 g/mol. The van der Waals surface area contributed by atoms with Crippen LogP contribution in [0, 0.1) is 5.82 Å². The normalized spacial score (nSPS) is 10.2. The number of rotatable bonds is 6. The highest BCUT2D eigenvalue weighted by Gasteiger charge is 2.17. The molecule has 0 fully saturated rings. The standard InChI is InChI=1S/C13H16BrFN2O3/c1-17(8-12(18)16-5-6-20-2)13(19)10-4-3-9(15)7-11(10)14/h3-4,7H,5-6,8H2,1-2H3,(H,16,18). The number of methoxy groups -OCH3 is 1. The third kappa shape index (κ3) is 4.90. The molecule has 1 rings (SSSR count). The number of nitrogens with zero attached hydrogens (tertiary/aromatic N) is 1. The molecule has 7 heteroatoms. The number of carbonyl (C=O) groups is 2. The quantitative estimate of drug-likeness (QED) is 0.792. The summed E-state index contributed by atoms with van der Waals surface area (Å²) in [5, 5.41) is 2.62. The summed E-state index contributed by atoms with van der Waals surface area (Å²) in [7, 11) is 3.04. The Labute approximate surface area is 125 Å². The van der Waals surface area contributed by atoms with E-state index in [1.54, 1.807) is 0 Å². The third-order valence-electron chi connectivity index (χ3n) is 2.52. The smallest absolute Gasteiger partial charge is 0.255 e. The molecular weight excluding hydrogens is 331 g/mol. The Balaban J connectivity index is 2.60. The lowest BCUT2D eigenvalue weighted by molar-refractivity contribution is -0.121.